The van der Waals surface area contributed by atoms with E-state index in [1.165, 1.54) is 17.1 Å². The van der Waals surface area contributed by atoms with Gasteiger partial charge in [0.2, 0.25) is 12.3 Å². The molecule has 1 aromatic rings. The third kappa shape index (κ3) is 6.23. The number of piperazine rings is 1. The zero-order valence-electron chi connectivity index (χ0n) is 21.4. The molecule has 4 rings (SSSR count). The van der Waals surface area contributed by atoms with Gasteiger partial charge in [0.1, 0.15) is 29.4 Å². The van der Waals surface area contributed by atoms with Crippen molar-refractivity contribution < 1.29 is 33.9 Å². The minimum absolute atomic E-state index is 0.0849. The quantitative estimate of drug-likeness (QED) is 0.104. The van der Waals surface area contributed by atoms with Gasteiger partial charge in [-0.1, -0.05) is 12.1 Å². The van der Waals surface area contributed by atoms with E-state index in [0.29, 0.717) is 31.5 Å². The molecule has 4 amide bonds. The maximum absolute atomic E-state index is 13.1. The van der Waals surface area contributed by atoms with Crippen molar-refractivity contribution in [2.45, 2.75) is 31.2 Å². The number of carboxylic acids is 1. The first-order chi connectivity index (χ1) is 18.7. The van der Waals surface area contributed by atoms with Crippen molar-refractivity contribution in [1.29, 1.82) is 0 Å². The first-order valence-corrected chi connectivity index (χ1v) is 14.2. The van der Waals surface area contributed by atoms with Gasteiger partial charge in [0.05, 0.1) is 6.42 Å². The van der Waals surface area contributed by atoms with Crippen LogP contribution in [0.3, 0.4) is 0 Å². The number of nitrogens with one attached hydrogen (secondary N) is 2. The summed E-state index contributed by atoms with van der Waals surface area (Å²) in [5.41, 5.74) is 0.131. The van der Waals surface area contributed by atoms with Crippen LogP contribution in [0, 0.1) is 0 Å². The van der Waals surface area contributed by atoms with E-state index in [0.717, 1.165) is 29.3 Å². The van der Waals surface area contributed by atoms with Crippen LogP contribution in [0.1, 0.15) is 25.5 Å². The Bertz CT molecular complexity index is 1210. The van der Waals surface area contributed by atoms with Crippen molar-refractivity contribution in [3.8, 4) is 0 Å². The number of hydrogen-bond acceptors (Lipinski definition) is 11. The van der Waals surface area contributed by atoms with E-state index < -0.39 is 29.2 Å². The molecule has 2 saturated heterocycles. The lowest BCUT2D eigenvalue weighted by atomic mass is 10.0. The number of carboxylic acid groups (broad SMARTS) is 1. The summed E-state index contributed by atoms with van der Waals surface area (Å²) in [4.78, 5) is 76.3. The summed E-state index contributed by atoms with van der Waals surface area (Å²) in [5.74, 6) is -2.57. The molecule has 2 atom stereocenters. The highest BCUT2D eigenvalue weighted by molar-refractivity contribution is 8.00. The minimum atomic E-state index is -1.30. The van der Waals surface area contributed by atoms with Crippen LogP contribution < -0.4 is 10.6 Å². The molecule has 3 aliphatic heterocycles. The van der Waals surface area contributed by atoms with E-state index in [9.17, 15) is 29.1 Å². The lowest BCUT2D eigenvalue weighted by Gasteiger charge is -2.49. The van der Waals surface area contributed by atoms with E-state index >= 15 is 0 Å². The molecular formula is C23H29N7O7S2. The van der Waals surface area contributed by atoms with Crippen LogP contribution in [-0.4, -0.2) is 118 Å². The van der Waals surface area contributed by atoms with Crippen molar-refractivity contribution in [2.24, 2.45) is 5.16 Å². The molecule has 14 nitrogen and oxygen atoms in total. The Labute approximate surface area is 232 Å². The number of rotatable bonds is 11. The molecule has 3 aliphatic rings. The highest BCUT2D eigenvalue weighted by Gasteiger charge is 2.54. The fourth-order valence-corrected chi connectivity index (χ4v) is 6.28. The normalized spacial score (nSPS) is 21.7. The number of aromatic nitrogens is 1. The van der Waals surface area contributed by atoms with E-state index in [1.807, 2.05) is 14.0 Å². The van der Waals surface area contributed by atoms with E-state index in [4.69, 9.17) is 4.84 Å². The molecule has 0 aromatic carbocycles. The van der Waals surface area contributed by atoms with Crippen LogP contribution in [0.15, 0.2) is 21.8 Å². The van der Waals surface area contributed by atoms with Crippen molar-refractivity contribution in [1.82, 2.24) is 25.0 Å². The van der Waals surface area contributed by atoms with Gasteiger partial charge in [-0.3, -0.25) is 24.1 Å². The van der Waals surface area contributed by atoms with Gasteiger partial charge in [0.15, 0.2) is 10.8 Å². The second-order valence-electron chi connectivity index (χ2n) is 9.05. The molecule has 4 heterocycles. The summed E-state index contributed by atoms with van der Waals surface area (Å²) in [5, 5.41) is 19.9. The molecule has 0 bridgehead atoms. The average molecular weight is 580 g/mol. The molecule has 39 heavy (non-hydrogen) atoms. The lowest BCUT2D eigenvalue weighted by Crippen LogP contribution is -2.71. The molecule has 16 heteroatoms. The number of β-lactam (4-membered cyclic amide) rings is 1. The Morgan fingerprint density at radius 2 is 2.03 bits per heavy atom. The van der Waals surface area contributed by atoms with Crippen molar-refractivity contribution >= 4 is 64.0 Å². The fourth-order valence-electron chi connectivity index (χ4n) is 4.28. The van der Waals surface area contributed by atoms with Crippen molar-refractivity contribution in [3.05, 3.63) is 22.3 Å². The molecule has 0 radical (unpaired) electrons. The lowest BCUT2D eigenvalue weighted by molar-refractivity contribution is -0.150. The summed E-state index contributed by atoms with van der Waals surface area (Å²) >= 11 is 2.36. The Morgan fingerprint density at radius 1 is 1.28 bits per heavy atom. The van der Waals surface area contributed by atoms with Crippen LogP contribution in [0.25, 0.3) is 0 Å². The summed E-state index contributed by atoms with van der Waals surface area (Å²) in [7, 11) is 1.97. The number of oxime groups is 1. The van der Waals surface area contributed by atoms with Gasteiger partial charge in [-0.25, -0.2) is 9.78 Å². The standard InChI is InChI=1S/C23H29N7O7S2/c1-3-8-37-27-16(14-11-39-23(25-14)24-12-31)19(33)26-17-20(34)30-18(22(35)36)13(10-38-21(17)30)9-15(32)29-6-4-28(2)5-7-29/h11-12,17,21H,3-10H2,1-2H3,(H,26,33)(H,35,36)(H,24,25,31)/b27-16+/t17?,21-/m1/s1. The zero-order valence-corrected chi connectivity index (χ0v) is 23.0. The van der Waals surface area contributed by atoms with Crippen LogP contribution in [0.5, 0.6) is 0 Å². The third-order valence-corrected chi connectivity index (χ3v) is 8.47. The average Bonchev–Trinajstić information content (AvgIpc) is 3.37. The Morgan fingerprint density at radius 3 is 2.69 bits per heavy atom. The number of thioether (sulfide) groups is 1. The first-order valence-electron chi connectivity index (χ1n) is 12.3. The second-order valence-corrected chi connectivity index (χ2v) is 11.0. The Hall–Kier alpha value is -3.50. The molecule has 1 aromatic heterocycles. The van der Waals surface area contributed by atoms with Gasteiger partial charge in [0, 0.05) is 37.3 Å². The van der Waals surface area contributed by atoms with Crippen molar-refractivity contribution in [2.75, 3.05) is 50.9 Å². The second kappa shape index (κ2) is 12.6. The number of likely N-dealkylation sites (N-methyl/N-ethyl adjacent to an activating group) is 1. The molecule has 2 fully saturated rings. The number of carbonyl (C=O) groups is 5. The number of hydrogen-bond donors (Lipinski definition) is 3. The minimum Gasteiger partial charge on any atom is -0.477 e. The molecule has 1 unspecified atom stereocenters. The molecule has 3 N–H and O–H groups in total. The number of fused-ring (bicyclic) bond motifs is 1. The van der Waals surface area contributed by atoms with Gasteiger partial charge in [-0.2, -0.15) is 0 Å². The number of nitrogens with zero attached hydrogens (tertiary/aromatic N) is 5. The highest BCUT2D eigenvalue weighted by Crippen LogP contribution is 2.41. The number of anilines is 1. The monoisotopic (exact) mass is 579 g/mol. The van der Waals surface area contributed by atoms with Crippen LogP contribution in [0.2, 0.25) is 0 Å². The largest absolute Gasteiger partial charge is 0.477 e. The predicted molar refractivity (Wildman–Crippen MR) is 143 cm³/mol. The number of aliphatic carboxylic acids is 1. The highest BCUT2D eigenvalue weighted by atomic mass is 32.2. The van der Waals surface area contributed by atoms with Crippen LogP contribution in [0.4, 0.5) is 5.13 Å². The molecule has 0 aliphatic carbocycles. The summed E-state index contributed by atoms with van der Waals surface area (Å²) in [6.45, 7) is 4.72. The van der Waals surface area contributed by atoms with Crippen molar-refractivity contribution in [3.63, 3.8) is 0 Å². The first kappa shape index (κ1) is 28.5. The molecule has 0 saturated carbocycles. The van der Waals surface area contributed by atoms with E-state index in [1.54, 1.807) is 4.90 Å². The molecule has 0 spiro atoms. The summed E-state index contributed by atoms with van der Waals surface area (Å²) in [6.07, 6.45) is 1.01. The van der Waals surface area contributed by atoms with Crippen LogP contribution in [-0.2, 0) is 28.8 Å². The van der Waals surface area contributed by atoms with Gasteiger partial charge < -0.3 is 30.4 Å². The zero-order chi connectivity index (χ0) is 28.1. The maximum atomic E-state index is 13.1. The molecule has 210 valence electrons. The van der Waals surface area contributed by atoms with Gasteiger partial charge >= 0.3 is 5.97 Å². The number of thiazole rings is 1. The van der Waals surface area contributed by atoms with Gasteiger partial charge in [0.25, 0.3) is 11.8 Å². The summed E-state index contributed by atoms with van der Waals surface area (Å²) < 4.78 is 0. The van der Waals surface area contributed by atoms with Gasteiger partial charge in [-0.15, -0.1) is 23.1 Å². The maximum Gasteiger partial charge on any atom is 0.352 e. The summed E-state index contributed by atoms with van der Waals surface area (Å²) in [6, 6.07) is -1.01. The third-order valence-electron chi connectivity index (χ3n) is 6.35. The SMILES string of the molecule is CCCO/N=C(/C(=O)NC1C(=O)N2C(C(=O)O)=C(CC(=O)N3CCN(C)CC3)CS[C@H]12)c1csc(NC=O)n1. The van der Waals surface area contributed by atoms with E-state index in [2.05, 4.69) is 25.7 Å². The smallest absolute Gasteiger partial charge is 0.352 e. The van der Waals surface area contributed by atoms with E-state index in [-0.39, 0.29) is 46.9 Å². The van der Waals surface area contributed by atoms with Crippen LogP contribution >= 0.6 is 23.1 Å². The van der Waals surface area contributed by atoms with Gasteiger partial charge in [-0.05, 0) is 19.0 Å². The topological polar surface area (TPSA) is 174 Å². The number of amides is 4. The predicted octanol–water partition coefficient (Wildman–Crippen LogP) is -0.255. The molecular weight excluding hydrogens is 550 g/mol. The number of carbonyl (C=O) groups excluding carboxylic acids is 4. The Kier molecular flexibility index (Phi) is 9.19. The fraction of sp³-hybridized carbons (Fsp3) is 0.522. The Balaban J connectivity index is 1.47.